The summed E-state index contributed by atoms with van der Waals surface area (Å²) in [6, 6.07) is 8.01. The minimum atomic E-state index is -0.977. The Morgan fingerprint density at radius 2 is 1.89 bits per heavy atom. The summed E-state index contributed by atoms with van der Waals surface area (Å²) >= 11 is 3.40. The van der Waals surface area contributed by atoms with E-state index in [1.807, 2.05) is 6.07 Å². The maximum absolute atomic E-state index is 13.0. The molecule has 1 amide bonds. The molecule has 0 radical (unpaired) electrons. The molecule has 3 rings (SSSR count). The van der Waals surface area contributed by atoms with E-state index in [4.69, 9.17) is 4.74 Å². The fourth-order valence-electron chi connectivity index (χ4n) is 4.83. The van der Waals surface area contributed by atoms with Gasteiger partial charge in [0.25, 0.3) is 5.56 Å². The van der Waals surface area contributed by atoms with Crippen LogP contribution in [0.15, 0.2) is 45.8 Å². The molecule has 1 aromatic heterocycles. The van der Waals surface area contributed by atoms with Gasteiger partial charge in [0.15, 0.2) is 6.04 Å². The average Bonchev–Trinajstić information content (AvgIpc) is 2.84. The number of hydrogen-bond acceptors (Lipinski definition) is 6. The summed E-state index contributed by atoms with van der Waals surface area (Å²) in [6.45, 7) is 11.1. The van der Waals surface area contributed by atoms with Crippen LogP contribution in [0.5, 0.6) is 0 Å². The minimum Gasteiger partial charge on any atom is -0.467 e. The lowest BCUT2D eigenvalue weighted by atomic mass is 9.58. The summed E-state index contributed by atoms with van der Waals surface area (Å²) in [6.07, 6.45) is 2.56. The van der Waals surface area contributed by atoms with E-state index >= 15 is 0 Å². The van der Waals surface area contributed by atoms with Crippen LogP contribution in [-0.4, -0.2) is 34.8 Å². The molecule has 2 aromatic rings. The standard InChI is InChI=1S/C26H35BrN4O4/c1-15-12-19(16(2)17(3)26(15,4)5)29-20-13-28-31(24(33)22(20)27)14-21(32)30-23(25(34)35-6)18-10-8-7-9-11-18/h7-11,13,15-17,19,23,29H,12,14H2,1-6H3,(H,30,32)/t15-,16+,17+,19+,23?/m0/s1. The quantitative estimate of drug-likeness (QED) is 0.505. The highest BCUT2D eigenvalue weighted by Crippen LogP contribution is 2.48. The van der Waals surface area contributed by atoms with E-state index < -0.39 is 23.5 Å². The van der Waals surface area contributed by atoms with Crippen molar-refractivity contribution < 1.29 is 14.3 Å². The van der Waals surface area contributed by atoms with E-state index in [1.165, 1.54) is 7.11 Å². The van der Waals surface area contributed by atoms with Gasteiger partial charge in [-0.2, -0.15) is 5.10 Å². The number of benzene rings is 1. The molecule has 5 atom stereocenters. The highest BCUT2D eigenvalue weighted by atomic mass is 79.9. The number of rotatable bonds is 7. The van der Waals surface area contributed by atoms with Crippen LogP contribution < -0.4 is 16.2 Å². The number of carbonyl (C=O) groups excluding carboxylic acids is 2. The van der Waals surface area contributed by atoms with Crippen LogP contribution in [0.25, 0.3) is 0 Å². The highest BCUT2D eigenvalue weighted by molar-refractivity contribution is 9.10. The van der Waals surface area contributed by atoms with Crippen LogP contribution in [0, 0.1) is 23.2 Å². The molecule has 8 nitrogen and oxygen atoms in total. The van der Waals surface area contributed by atoms with Gasteiger partial charge < -0.3 is 15.4 Å². The van der Waals surface area contributed by atoms with Gasteiger partial charge in [-0.25, -0.2) is 9.48 Å². The van der Waals surface area contributed by atoms with Crippen molar-refractivity contribution in [1.29, 1.82) is 0 Å². The number of ether oxygens (including phenoxy) is 1. The second-order valence-corrected chi connectivity index (χ2v) is 10.9. The predicted molar refractivity (Wildman–Crippen MR) is 139 cm³/mol. The lowest BCUT2D eigenvalue weighted by Gasteiger charge is -2.50. The van der Waals surface area contributed by atoms with Gasteiger partial charge in [-0.15, -0.1) is 0 Å². The Balaban J connectivity index is 1.73. The summed E-state index contributed by atoms with van der Waals surface area (Å²) < 4.78 is 6.23. The van der Waals surface area contributed by atoms with Gasteiger partial charge in [0.05, 0.1) is 19.0 Å². The Kier molecular flexibility index (Phi) is 8.41. The Morgan fingerprint density at radius 3 is 2.51 bits per heavy atom. The Labute approximate surface area is 215 Å². The van der Waals surface area contributed by atoms with Crippen LogP contribution in [0.3, 0.4) is 0 Å². The topological polar surface area (TPSA) is 102 Å². The number of esters is 1. The average molecular weight is 547 g/mol. The first kappa shape index (κ1) is 26.9. The maximum atomic E-state index is 13.0. The van der Waals surface area contributed by atoms with Crippen LogP contribution in [-0.2, 0) is 20.9 Å². The number of halogens is 1. The third-order valence-corrected chi connectivity index (χ3v) is 8.74. The van der Waals surface area contributed by atoms with Crippen molar-refractivity contribution in [3.05, 3.63) is 56.9 Å². The molecule has 1 saturated carbocycles. The van der Waals surface area contributed by atoms with Crippen LogP contribution in [0.2, 0.25) is 0 Å². The number of methoxy groups -OCH3 is 1. The molecule has 2 N–H and O–H groups in total. The van der Waals surface area contributed by atoms with Gasteiger partial charge in [0.2, 0.25) is 5.91 Å². The molecule has 0 spiro atoms. The molecular weight excluding hydrogens is 512 g/mol. The van der Waals surface area contributed by atoms with Gasteiger partial charge in [-0.05, 0) is 51.1 Å². The first-order valence-corrected chi connectivity index (χ1v) is 12.7. The molecule has 1 aromatic carbocycles. The molecule has 0 aliphatic heterocycles. The van der Waals surface area contributed by atoms with Gasteiger partial charge in [0, 0.05) is 6.04 Å². The lowest BCUT2D eigenvalue weighted by molar-refractivity contribution is -0.145. The SMILES string of the molecule is COC(=O)C(NC(=O)Cn1ncc(N[C@@H]2C[C@H](C)C(C)(C)[C@H](C)[C@H]2C)c(Br)c1=O)c1ccccc1. The van der Waals surface area contributed by atoms with Gasteiger partial charge in [0.1, 0.15) is 11.0 Å². The minimum absolute atomic E-state index is 0.205. The van der Waals surface area contributed by atoms with Crippen molar-refractivity contribution in [3.63, 3.8) is 0 Å². The van der Waals surface area contributed by atoms with Gasteiger partial charge in [-0.1, -0.05) is 65.0 Å². The first-order chi connectivity index (χ1) is 16.5. The van der Waals surface area contributed by atoms with E-state index in [0.29, 0.717) is 33.5 Å². The molecule has 1 fully saturated rings. The van der Waals surface area contributed by atoms with Crippen molar-refractivity contribution in [1.82, 2.24) is 15.1 Å². The Bertz CT molecular complexity index is 1120. The second-order valence-electron chi connectivity index (χ2n) is 10.1. The zero-order chi connectivity index (χ0) is 25.9. The lowest BCUT2D eigenvalue weighted by Crippen LogP contribution is -2.48. The normalized spacial score (nSPS) is 24.3. The van der Waals surface area contributed by atoms with Gasteiger partial charge >= 0.3 is 5.97 Å². The zero-order valence-electron chi connectivity index (χ0n) is 21.2. The Hall–Kier alpha value is -2.68. The fourth-order valence-corrected chi connectivity index (χ4v) is 5.25. The highest BCUT2D eigenvalue weighted by Gasteiger charge is 2.43. The smallest absolute Gasteiger partial charge is 0.333 e. The number of anilines is 1. The molecule has 190 valence electrons. The predicted octanol–water partition coefficient (Wildman–Crippen LogP) is 4.16. The number of aromatic nitrogens is 2. The molecule has 0 bridgehead atoms. The fraction of sp³-hybridized carbons (Fsp3) is 0.538. The van der Waals surface area contributed by atoms with E-state index in [9.17, 15) is 14.4 Å². The molecule has 1 aliphatic rings. The van der Waals surface area contributed by atoms with Gasteiger partial charge in [-0.3, -0.25) is 9.59 Å². The number of nitrogens with one attached hydrogen (secondary N) is 2. The van der Waals surface area contributed by atoms with E-state index in [-0.39, 0.29) is 18.0 Å². The van der Waals surface area contributed by atoms with Crippen molar-refractivity contribution in [2.75, 3.05) is 12.4 Å². The van der Waals surface area contributed by atoms with Crippen LogP contribution in [0.4, 0.5) is 5.69 Å². The number of carbonyl (C=O) groups is 2. The van der Waals surface area contributed by atoms with Crippen molar-refractivity contribution >= 4 is 33.5 Å². The monoisotopic (exact) mass is 546 g/mol. The number of hydrogen-bond donors (Lipinski definition) is 2. The molecule has 1 aliphatic carbocycles. The van der Waals surface area contributed by atoms with Crippen LogP contribution in [0.1, 0.15) is 52.6 Å². The molecule has 9 heteroatoms. The molecule has 35 heavy (non-hydrogen) atoms. The first-order valence-electron chi connectivity index (χ1n) is 11.9. The second kappa shape index (κ2) is 10.9. The third kappa shape index (κ3) is 5.77. The molecule has 0 saturated heterocycles. The molecular formula is C26H35BrN4O4. The van der Waals surface area contributed by atoms with E-state index in [0.717, 1.165) is 11.1 Å². The summed E-state index contributed by atoms with van der Waals surface area (Å²) in [5.74, 6) is 0.312. The third-order valence-electron chi connectivity index (χ3n) is 7.97. The van der Waals surface area contributed by atoms with Crippen LogP contribution >= 0.6 is 15.9 Å². The zero-order valence-corrected chi connectivity index (χ0v) is 22.8. The number of amides is 1. The number of nitrogens with zero attached hydrogens (tertiary/aromatic N) is 2. The maximum Gasteiger partial charge on any atom is 0.333 e. The Morgan fingerprint density at radius 1 is 1.23 bits per heavy atom. The molecule has 1 heterocycles. The summed E-state index contributed by atoms with van der Waals surface area (Å²) in [4.78, 5) is 37.9. The van der Waals surface area contributed by atoms with Crippen molar-refractivity contribution in [2.24, 2.45) is 23.2 Å². The van der Waals surface area contributed by atoms with E-state index in [2.05, 4.69) is 66.3 Å². The summed E-state index contributed by atoms with van der Waals surface area (Å²) in [7, 11) is 1.26. The van der Waals surface area contributed by atoms with Crippen molar-refractivity contribution in [2.45, 2.75) is 59.7 Å². The largest absolute Gasteiger partial charge is 0.467 e. The van der Waals surface area contributed by atoms with E-state index in [1.54, 1.807) is 30.5 Å². The van der Waals surface area contributed by atoms with Crippen molar-refractivity contribution in [3.8, 4) is 0 Å². The summed E-state index contributed by atoms with van der Waals surface area (Å²) in [5.41, 5.74) is 1.01. The summed E-state index contributed by atoms with van der Waals surface area (Å²) in [5, 5.41) is 10.4. The molecule has 1 unspecified atom stereocenters.